The Morgan fingerprint density at radius 2 is 1.97 bits per heavy atom. The smallest absolute Gasteiger partial charge is 0.270 e. The minimum absolute atomic E-state index is 0. The van der Waals surface area contributed by atoms with E-state index >= 15 is 0 Å². The molecule has 2 amide bonds. The van der Waals surface area contributed by atoms with E-state index in [1.165, 1.54) is 6.92 Å². The summed E-state index contributed by atoms with van der Waals surface area (Å²) in [4.78, 5) is 34.2. The van der Waals surface area contributed by atoms with Gasteiger partial charge in [0.15, 0.2) is 5.60 Å². The molecule has 0 spiro atoms. The van der Waals surface area contributed by atoms with Crippen molar-refractivity contribution in [3.05, 3.63) is 23.9 Å². The van der Waals surface area contributed by atoms with Crippen LogP contribution in [0.25, 0.3) is 11.1 Å². The molecule has 2 aromatic rings. The van der Waals surface area contributed by atoms with Crippen molar-refractivity contribution >= 4 is 41.7 Å². The Hall–Kier alpha value is -3.07. The van der Waals surface area contributed by atoms with Gasteiger partial charge in [0, 0.05) is 25.6 Å². The summed E-state index contributed by atoms with van der Waals surface area (Å²) in [5.74, 6) is 0.637. The molecule has 0 bridgehead atoms. The van der Waals surface area contributed by atoms with E-state index in [2.05, 4.69) is 15.3 Å². The van der Waals surface area contributed by atoms with Crippen LogP contribution in [0.15, 0.2) is 18.2 Å². The first-order chi connectivity index (χ1) is 13.6. The van der Waals surface area contributed by atoms with E-state index in [4.69, 9.17) is 16.2 Å². The Morgan fingerprint density at radius 1 is 1.27 bits per heavy atom. The predicted molar refractivity (Wildman–Crippen MR) is 119 cm³/mol. The van der Waals surface area contributed by atoms with Crippen LogP contribution in [0.3, 0.4) is 0 Å². The Morgan fingerprint density at radius 3 is 2.60 bits per heavy atom. The summed E-state index contributed by atoms with van der Waals surface area (Å²) < 4.78 is 5.92. The number of nitrogen functional groups attached to an aromatic ring is 2. The molecule has 162 valence electrons. The molecule has 5 N–H and O–H groups in total. The largest absolute Gasteiger partial charge is 0.476 e. The summed E-state index contributed by atoms with van der Waals surface area (Å²) in [5, 5.41) is 2.72. The number of nitrogens with zero attached hydrogens (tertiary/aromatic N) is 3. The fourth-order valence-electron chi connectivity index (χ4n) is 3.41. The zero-order valence-corrected chi connectivity index (χ0v) is 18.3. The van der Waals surface area contributed by atoms with Crippen LogP contribution in [0.2, 0.25) is 0 Å². The number of benzene rings is 1. The molecule has 0 fully saturated rings. The number of ether oxygens (including phenoxy) is 1. The minimum Gasteiger partial charge on any atom is -0.476 e. The second-order valence-corrected chi connectivity index (χ2v) is 7.38. The van der Waals surface area contributed by atoms with Gasteiger partial charge in [0.2, 0.25) is 11.9 Å². The van der Waals surface area contributed by atoms with E-state index in [9.17, 15) is 9.59 Å². The number of rotatable bonds is 5. The molecular formula is C20H27ClN6O3. The van der Waals surface area contributed by atoms with Crippen molar-refractivity contribution in [2.24, 2.45) is 0 Å². The summed E-state index contributed by atoms with van der Waals surface area (Å²) >= 11 is 0. The quantitative estimate of drug-likeness (QED) is 0.653. The fourth-order valence-corrected chi connectivity index (χ4v) is 3.41. The molecule has 2 heterocycles. The molecule has 30 heavy (non-hydrogen) atoms. The number of aromatic nitrogens is 2. The minimum atomic E-state index is -1.01. The van der Waals surface area contributed by atoms with Crippen molar-refractivity contribution < 1.29 is 14.3 Å². The first-order valence-electron chi connectivity index (χ1n) is 9.45. The van der Waals surface area contributed by atoms with E-state index in [1.807, 2.05) is 19.1 Å². The maximum Gasteiger partial charge on any atom is 0.270 e. The molecule has 0 atom stereocenters. The molecule has 1 aromatic heterocycles. The van der Waals surface area contributed by atoms with Crippen LogP contribution in [0.1, 0.15) is 33.4 Å². The Labute approximate surface area is 181 Å². The topological polar surface area (TPSA) is 136 Å². The summed E-state index contributed by atoms with van der Waals surface area (Å²) in [6.45, 7) is 7.48. The number of nitrogens with one attached hydrogen (secondary N) is 1. The second kappa shape index (κ2) is 8.74. The van der Waals surface area contributed by atoms with Crippen molar-refractivity contribution in [2.45, 2.75) is 39.7 Å². The van der Waals surface area contributed by atoms with Crippen LogP contribution in [0, 0.1) is 0 Å². The van der Waals surface area contributed by atoms with E-state index < -0.39 is 5.60 Å². The number of nitrogens with two attached hydrogens (primary N) is 2. The highest BCUT2D eigenvalue weighted by molar-refractivity contribution is 6.03. The molecule has 0 unspecified atom stereocenters. The molecule has 1 aliphatic rings. The van der Waals surface area contributed by atoms with Crippen LogP contribution in [0.5, 0.6) is 5.75 Å². The molecule has 1 aliphatic heterocycles. The molecule has 0 aliphatic carbocycles. The zero-order chi connectivity index (χ0) is 21.3. The van der Waals surface area contributed by atoms with Gasteiger partial charge >= 0.3 is 0 Å². The van der Waals surface area contributed by atoms with Crippen LogP contribution in [-0.4, -0.2) is 40.5 Å². The molecule has 0 radical (unpaired) electrons. The lowest BCUT2D eigenvalue weighted by atomic mass is 9.98. The van der Waals surface area contributed by atoms with Gasteiger partial charge in [-0.3, -0.25) is 9.59 Å². The number of fused-ring (bicyclic) bond motifs is 1. The van der Waals surface area contributed by atoms with Gasteiger partial charge in [-0.2, -0.15) is 4.98 Å². The van der Waals surface area contributed by atoms with Gasteiger partial charge < -0.3 is 26.4 Å². The third kappa shape index (κ3) is 4.40. The molecule has 0 saturated carbocycles. The first kappa shape index (κ1) is 23.2. The average Bonchev–Trinajstić information content (AvgIpc) is 2.63. The summed E-state index contributed by atoms with van der Waals surface area (Å²) in [7, 11) is 0. The third-order valence-electron chi connectivity index (χ3n) is 4.74. The molecule has 1 aromatic carbocycles. The average molecular weight is 435 g/mol. The lowest BCUT2D eigenvalue weighted by Crippen LogP contribution is -2.54. The maximum absolute atomic E-state index is 13.0. The van der Waals surface area contributed by atoms with Gasteiger partial charge in [-0.25, -0.2) is 4.98 Å². The van der Waals surface area contributed by atoms with Crippen LogP contribution in [0.4, 0.5) is 17.5 Å². The van der Waals surface area contributed by atoms with Gasteiger partial charge in [-0.05, 0) is 38.0 Å². The number of hydrogen-bond donors (Lipinski definition) is 3. The number of carbonyl (C=O) groups is 2. The van der Waals surface area contributed by atoms with Crippen LogP contribution >= 0.6 is 12.4 Å². The highest BCUT2D eigenvalue weighted by atomic mass is 35.5. The molecule has 9 nitrogen and oxygen atoms in total. The monoisotopic (exact) mass is 434 g/mol. The number of hydrogen-bond acceptors (Lipinski definition) is 7. The zero-order valence-electron chi connectivity index (χ0n) is 17.5. The van der Waals surface area contributed by atoms with Gasteiger partial charge in [0.1, 0.15) is 11.6 Å². The van der Waals surface area contributed by atoms with Gasteiger partial charge in [-0.15, -0.1) is 12.4 Å². The van der Waals surface area contributed by atoms with E-state index in [-0.39, 0.29) is 36.0 Å². The van der Waals surface area contributed by atoms with Gasteiger partial charge in [0.05, 0.1) is 11.4 Å². The third-order valence-corrected chi connectivity index (χ3v) is 4.74. The number of halogens is 1. The van der Waals surface area contributed by atoms with Crippen molar-refractivity contribution in [1.29, 1.82) is 0 Å². The van der Waals surface area contributed by atoms with Crippen LogP contribution in [-0.2, 0) is 16.0 Å². The van der Waals surface area contributed by atoms with Crippen molar-refractivity contribution in [2.75, 3.05) is 29.5 Å². The second-order valence-electron chi connectivity index (χ2n) is 7.38. The van der Waals surface area contributed by atoms with Crippen molar-refractivity contribution in [1.82, 2.24) is 15.3 Å². The summed E-state index contributed by atoms with van der Waals surface area (Å²) in [6, 6.07) is 5.50. The highest BCUT2D eigenvalue weighted by Crippen LogP contribution is 2.41. The van der Waals surface area contributed by atoms with Crippen molar-refractivity contribution in [3.63, 3.8) is 0 Å². The summed E-state index contributed by atoms with van der Waals surface area (Å²) in [6.07, 6.45) is 0.623. The number of aryl methyl sites for hydroxylation is 1. The van der Waals surface area contributed by atoms with Crippen molar-refractivity contribution in [3.8, 4) is 16.9 Å². The number of amides is 2. The normalized spacial score (nSPS) is 14.4. The van der Waals surface area contributed by atoms with E-state index in [1.54, 1.807) is 24.8 Å². The SMILES string of the molecule is CCc1nc(N)nc(N)c1-c1ccc2c(c1)N(CCNC(C)=O)C(=O)C(C)(C)O2.Cl. The van der Waals surface area contributed by atoms with Gasteiger partial charge in [0.25, 0.3) is 5.91 Å². The number of anilines is 3. The fraction of sp³-hybridized carbons (Fsp3) is 0.400. The highest BCUT2D eigenvalue weighted by Gasteiger charge is 2.40. The standard InChI is InChI=1S/C20H26N6O3.ClH/c1-5-13-16(17(21)25-19(22)24-13)12-6-7-15-14(10-12)26(9-8-23-11(2)27)18(28)20(3,4)29-15;/h6-7,10H,5,8-9H2,1-4H3,(H,23,27)(H4,21,22,24,25);1H. The Balaban J connectivity index is 0.00000320. The number of carbonyl (C=O) groups excluding carboxylic acids is 2. The maximum atomic E-state index is 13.0. The Bertz CT molecular complexity index is 979. The molecule has 0 saturated heterocycles. The lowest BCUT2D eigenvalue weighted by Gasteiger charge is -2.39. The van der Waals surface area contributed by atoms with Crippen LogP contribution < -0.4 is 26.4 Å². The lowest BCUT2D eigenvalue weighted by molar-refractivity contribution is -0.132. The van der Waals surface area contributed by atoms with E-state index in [0.29, 0.717) is 36.5 Å². The Kier molecular flexibility index (Phi) is 6.77. The van der Waals surface area contributed by atoms with E-state index in [0.717, 1.165) is 11.3 Å². The first-order valence-corrected chi connectivity index (χ1v) is 9.45. The molecular weight excluding hydrogens is 408 g/mol. The van der Waals surface area contributed by atoms with Gasteiger partial charge in [-0.1, -0.05) is 13.0 Å². The molecule has 10 heteroatoms. The summed E-state index contributed by atoms with van der Waals surface area (Å²) in [5.41, 5.74) is 13.6. The predicted octanol–water partition coefficient (Wildman–Crippen LogP) is 1.93. The molecule has 3 rings (SSSR count).